The molecule has 148 valence electrons. The second kappa shape index (κ2) is 8.27. The molecule has 0 bridgehead atoms. The summed E-state index contributed by atoms with van der Waals surface area (Å²) in [5.41, 5.74) is 3.17. The van der Waals surface area contributed by atoms with Crippen molar-refractivity contribution >= 4 is 5.91 Å². The zero-order valence-corrected chi connectivity index (χ0v) is 16.7. The lowest BCUT2D eigenvalue weighted by Crippen LogP contribution is -2.38. The quantitative estimate of drug-likeness (QED) is 0.815. The second-order valence-electron chi connectivity index (χ2n) is 7.90. The van der Waals surface area contributed by atoms with E-state index in [1.54, 1.807) is 7.11 Å². The van der Waals surface area contributed by atoms with Gasteiger partial charge < -0.3 is 14.5 Å². The molecule has 0 spiro atoms. The number of fused-ring (bicyclic) bond motifs is 1. The summed E-state index contributed by atoms with van der Waals surface area (Å²) in [5.74, 6) is 2.32. The van der Waals surface area contributed by atoms with Gasteiger partial charge in [-0.25, -0.2) is 9.97 Å². The summed E-state index contributed by atoms with van der Waals surface area (Å²) in [6.45, 7) is 3.51. The minimum atomic E-state index is 0.136. The van der Waals surface area contributed by atoms with Crippen LogP contribution in [0, 0.1) is 0 Å². The zero-order valence-electron chi connectivity index (χ0n) is 16.7. The van der Waals surface area contributed by atoms with Gasteiger partial charge in [0, 0.05) is 43.7 Å². The lowest BCUT2D eigenvalue weighted by Gasteiger charge is -2.31. The number of nitrogens with zero attached hydrogens (tertiary/aromatic N) is 4. The first-order chi connectivity index (χ1) is 13.6. The van der Waals surface area contributed by atoms with Crippen LogP contribution in [0.4, 0.5) is 0 Å². The Hall–Kier alpha value is -2.47. The number of hydrogen-bond acceptors (Lipinski definition) is 5. The molecule has 1 aromatic carbocycles. The monoisotopic (exact) mass is 380 g/mol. The van der Waals surface area contributed by atoms with E-state index < -0.39 is 0 Å². The Bertz CT molecular complexity index is 854. The van der Waals surface area contributed by atoms with Crippen molar-refractivity contribution in [1.82, 2.24) is 19.8 Å². The van der Waals surface area contributed by atoms with Crippen LogP contribution >= 0.6 is 0 Å². The van der Waals surface area contributed by atoms with E-state index in [0.29, 0.717) is 18.9 Å². The van der Waals surface area contributed by atoms with Crippen LogP contribution < -0.4 is 4.74 Å². The van der Waals surface area contributed by atoms with Crippen molar-refractivity contribution in [3.63, 3.8) is 0 Å². The summed E-state index contributed by atoms with van der Waals surface area (Å²) in [6, 6.07) is 7.70. The second-order valence-corrected chi connectivity index (χ2v) is 7.90. The number of ether oxygens (including phenoxy) is 1. The van der Waals surface area contributed by atoms with Crippen LogP contribution in [0.15, 0.2) is 30.5 Å². The molecule has 6 heteroatoms. The summed E-state index contributed by atoms with van der Waals surface area (Å²) >= 11 is 0. The highest BCUT2D eigenvalue weighted by atomic mass is 16.5. The van der Waals surface area contributed by atoms with Crippen molar-refractivity contribution in [3.05, 3.63) is 53.1 Å². The average molecular weight is 380 g/mol. The molecule has 0 aliphatic carbocycles. The smallest absolute Gasteiger partial charge is 0.227 e. The Kier molecular flexibility index (Phi) is 5.57. The van der Waals surface area contributed by atoms with Gasteiger partial charge in [-0.1, -0.05) is 12.1 Å². The summed E-state index contributed by atoms with van der Waals surface area (Å²) < 4.78 is 5.25. The van der Waals surface area contributed by atoms with Crippen molar-refractivity contribution in [2.24, 2.45) is 0 Å². The van der Waals surface area contributed by atoms with Crippen LogP contribution in [0.3, 0.4) is 0 Å². The Labute approximate surface area is 166 Å². The van der Waals surface area contributed by atoms with Gasteiger partial charge in [0.05, 0.1) is 19.2 Å². The van der Waals surface area contributed by atoms with E-state index >= 15 is 0 Å². The third-order valence-corrected chi connectivity index (χ3v) is 5.78. The van der Waals surface area contributed by atoms with Crippen molar-refractivity contribution in [1.29, 1.82) is 0 Å². The highest BCUT2D eigenvalue weighted by Gasteiger charge is 2.26. The van der Waals surface area contributed by atoms with Crippen molar-refractivity contribution < 1.29 is 9.53 Å². The third-order valence-electron chi connectivity index (χ3n) is 5.78. The van der Waals surface area contributed by atoms with Crippen molar-refractivity contribution in [2.75, 3.05) is 33.8 Å². The Morgan fingerprint density at radius 3 is 3.04 bits per heavy atom. The van der Waals surface area contributed by atoms with Crippen LogP contribution in [0.5, 0.6) is 5.75 Å². The van der Waals surface area contributed by atoms with E-state index in [4.69, 9.17) is 9.72 Å². The van der Waals surface area contributed by atoms with E-state index in [0.717, 1.165) is 60.9 Å². The van der Waals surface area contributed by atoms with Crippen LogP contribution in [-0.2, 0) is 24.2 Å². The Balaban J connectivity index is 1.42. The van der Waals surface area contributed by atoms with E-state index in [2.05, 4.69) is 16.9 Å². The molecule has 1 saturated heterocycles. The van der Waals surface area contributed by atoms with Crippen LogP contribution in [0.1, 0.15) is 41.4 Å². The minimum Gasteiger partial charge on any atom is -0.497 e. The summed E-state index contributed by atoms with van der Waals surface area (Å²) in [5, 5.41) is 0. The normalized spacial score (nSPS) is 19.9. The van der Waals surface area contributed by atoms with E-state index in [9.17, 15) is 4.79 Å². The zero-order chi connectivity index (χ0) is 19.5. The van der Waals surface area contributed by atoms with Crippen LogP contribution in [0.2, 0.25) is 0 Å². The highest BCUT2D eigenvalue weighted by molar-refractivity contribution is 5.79. The minimum absolute atomic E-state index is 0.136. The molecule has 3 heterocycles. The summed E-state index contributed by atoms with van der Waals surface area (Å²) in [4.78, 5) is 26.6. The molecule has 2 aromatic rings. The topological polar surface area (TPSA) is 58.6 Å². The number of likely N-dealkylation sites (tertiary alicyclic amines) is 1. The van der Waals surface area contributed by atoms with Crippen molar-refractivity contribution in [2.45, 2.75) is 38.1 Å². The lowest BCUT2D eigenvalue weighted by atomic mass is 9.97. The fourth-order valence-electron chi connectivity index (χ4n) is 4.19. The standard InChI is InChI=1S/C22H28N4O2/c1-25-9-4-6-17(14-25)22-23-13-18-15-26(10-8-20(18)24-22)21(27)12-16-5-3-7-19(11-16)28-2/h3,5,7,11,13,17H,4,6,8-10,12,14-15H2,1-2H3/t17-/m1/s1. The molecule has 28 heavy (non-hydrogen) atoms. The van der Waals surface area contributed by atoms with Gasteiger partial charge in [-0.2, -0.15) is 0 Å². The van der Waals surface area contributed by atoms with Gasteiger partial charge >= 0.3 is 0 Å². The van der Waals surface area contributed by atoms with E-state index in [-0.39, 0.29) is 5.91 Å². The molecule has 1 atom stereocenters. The maximum Gasteiger partial charge on any atom is 0.227 e. The first kappa shape index (κ1) is 18.9. The van der Waals surface area contributed by atoms with Gasteiger partial charge in [-0.3, -0.25) is 4.79 Å². The molecule has 2 aliphatic rings. The third kappa shape index (κ3) is 4.17. The molecule has 0 unspecified atom stereocenters. The molecule has 0 N–H and O–H groups in total. The molecule has 0 saturated carbocycles. The number of hydrogen-bond donors (Lipinski definition) is 0. The maximum atomic E-state index is 12.8. The van der Waals surface area contributed by atoms with Gasteiger partial charge in [-0.05, 0) is 44.1 Å². The number of aromatic nitrogens is 2. The number of carbonyl (C=O) groups excluding carboxylic acids is 1. The number of benzene rings is 1. The predicted octanol–water partition coefficient (Wildman–Crippen LogP) is 2.42. The number of methoxy groups -OCH3 is 1. The number of carbonyl (C=O) groups is 1. The fraction of sp³-hybridized carbons (Fsp3) is 0.500. The molecule has 4 rings (SSSR count). The number of rotatable bonds is 4. The van der Waals surface area contributed by atoms with Crippen LogP contribution in [0.25, 0.3) is 0 Å². The molecule has 1 amide bonds. The molecule has 2 aliphatic heterocycles. The largest absolute Gasteiger partial charge is 0.497 e. The van der Waals surface area contributed by atoms with Crippen LogP contribution in [-0.4, -0.2) is 59.5 Å². The first-order valence-electron chi connectivity index (χ1n) is 10.1. The van der Waals surface area contributed by atoms with E-state index in [1.807, 2.05) is 35.4 Å². The Morgan fingerprint density at radius 1 is 1.32 bits per heavy atom. The van der Waals surface area contributed by atoms with Gasteiger partial charge in [0.2, 0.25) is 5.91 Å². The summed E-state index contributed by atoms with van der Waals surface area (Å²) in [6.07, 6.45) is 5.50. The Morgan fingerprint density at radius 2 is 2.21 bits per heavy atom. The molecule has 6 nitrogen and oxygen atoms in total. The summed E-state index contributed by atoms with van der Waals surface area (Å²) in [7, 11) is 3.80. The molecule has 1 fully saturated rings. The van der Waals surface area contributed by atoms with Gasteiger partial charge in [-0.15, -0.1) is 0 Å². The lowest BCUT2D eigenvalue weighted by molar-refractivity contribution is -0.131. The fourth-order valence-corrected chi connectivity index (χ4v) is 4.19. The highest BCUT2D eigenvalue weighted by Crippen LogP contribution is 2.26. The van der Waals surface area contributed by atoms with E-state index in [1.165, 1.54) is 6.42 Å². The molecule has 0 radical (unpaired) electrons. The maximum absolute atomic E-state index is 12.8. The average Bonchev–Trinajstić information content (AvgIpc) is 2.73. The molecular formula is C22H28N4O2. The number of piperidine rings is 1. The van der Waals surface area contributed by atoms with Gasteiger partial charge in [0.1, 0.15) is 11.6 Å². The predicted molar refractivity (Wildman–Crippen MR) is 107 cm³/mol. The SMILES string of the molecule is COc1cccc(CC(=O)N2CCc3nc([C@@H]4CCCN(C)C4)ncc3C2)c1. The molecule has 1 aromatic heterocycles. The first-order valence-corrected chi connectivity index (χ1v) is 10.1. The van der Waals surface area contributed by atoms with Gasteiger partial charge in [0.25, 0.3) is 0 Å². The van der Waals surface area contributed by atoms with Crippen molar-refractivity contribution in [3.8, 4) is 5.75 Å². The molecular weight excluding hydrogens is 352 g/mol. The number of likely N-dealkylation sites (N-methyl/N-ethyl adjacent to an activating group) is 1. The number of amides is 1. The van der Waals surface area contributed by atoms with Gasteiger partial charge in [0.15, 0.2) is 0 Å².